The molecule has 2 atom stereocenters. The van der Waals surface area contributed by atoms with Gasteiger partial charge in [0.1, 0.15) is 0 Å². The monoisotopic (exact) mass is 275 g/mol. The van der Waals surface area contributed by atoms with Crippen molar-refractivity contribution in [3.05, 3.63) is 0 Å². The highest BCUT2D eigenvalue weighted by Crippen LogP contribution is 2.38. The molecule has 18 heavy (non-hydrogen) atoms. The lowest BCUT2D eigenvalue weighted by Gasteiger charge is -2.22. The zero-order valence-corrected chi connectivity index (χ0v) is 12.1. The van der Waals surface area contributed by atoms with Gasteiger partial charge in [-0.15, -0.1) is 0 Å². The molecular formula is C11H21NO5Si. The van der Waals surface area contributed by atoms with Gasteiger partial charge in [-0.25, -0.2) is 0 Å². The molecule has 0 aromatic carbocycles. The Kier molecular flexibility index (Phi) is 5.30. The summed E-state index contributed by atoms with van der Waals surface area (Å²) >= 11 is 0. The van der Waals surface area contributed by atoms with Crippen molar-refractivity contribution in [1.82, 2.24) is 5.32 Å². The van der Waals surface area contributed by atoms with Crippen LogP contribution in [-0.2, 0) is 18.4 Å². The highest BCUT2D eigenvalue weighted by molar-refractivity contribution is 6.65. The van der Waals surface area contributed by atoms with Gasteiger partial charge in [0, 0.05) is 20.8 Å². The van der Waals surface area contributed by atoms with Gasteiger partial charge < -0.3 is 19.3 Å². The predicted octanol–water partition coefficient (Wildman–Crippen LogP) is 0.578. The Morgan fingerprint density at radius 2 is 1.94 bits per heavy atom. The minimum atomic E-state index is -2.06. The lowest BCUT2D eigenvalue weighted by molar-refractivity contribution is -0.140. The topological polar surface area (TPSA) is 84.9 Å². The number of hydrogen-bond donors (Lipinski definition) is 2. The van der Waals surface area contributed by atoms with Crippen LogP contribution in [0.1, 0.15) is 12.8 Å². The summed E-state index contributed by atoms with van der Waals surface area (Å²) in [5.41, 5.74) is 0. The molecule has 1 saturated carbocycles. The first-order valence-electron chi connectivity index (χ1n) is 6.04. The van der Waals surface area contributed by atoms with Crippen molar-refractivity contribution < 1.29 is 23.5 Å². The van der Waals surface area contributed by atoms with E-state index in [4.69, 9.17) is 14.0 Å². The van der Waals surface area contributed by atoms with Crippen LogP contribution in [-0.4, -0.2) is 46.3 Å². The number of nitrogens with one attached hydrogen (secondary N) is 1. The van der Waals surface area contributed by atoms with E-state index in [1.165, 1.54) is 0 Å². The van der Waals surface area contributed by atoms with Gasteiger partial charge in [0.05, 0.1) is 11.8 Å². The number of carboxylic acids is 1. The van der Waals surface area contributed by atoms with Gasteiger partial charge in [0.25, 0.3) is 0 Å². The summed E-state index contributed by atoms with van der Waals surface area (Å²) in [7, 11) is 1.21. The zero-order valence-electron chi connectivity index (χ0n) is 11.1. The zero-order chi connectivity index (χ0) is 13.8. The molecule has 0 bridgehead atoms. The second kappa shape index (κ2) is 6.30. The number of amides is 1. The molecule has 0 aliphatic heterocycles. The maximum Gasteiger partial charge on any atom is 0.334 e. The van der Waals surface area contributed by atoms with Crippen LogP contribution in [0, 0.1) is 11.8 Å². The Labute approximate surface area is 108 Å². The molecule has 104 valence electrons. The first kappa shape index (κ1) is 15.1. The van der Waals surface area contributed by atoms with Gasteiger partial charge >= 0.3 is 14.5 Å². The number of carbonyl (C=O) groups is 2. The second-order valence-electron chi connectivity index (χ2n) is 4.72. The van der Waals surface area contributed by atoms with Crippen LogP contribution < -0.4 is 5.32 Å². The van der Waals surface area contributed by atoms with Crippen LogP contribution in [0.15, 0.2) is 0 Å². The molecule has 0 radical (unpaired) electrons. The van der Waals surface area contributed by atoms with E-state index in [1.807, 2.05) is 6.55 Å². The summed E-state index contributed by atoms with van der Waals surface area (Å²) in [4.78, 5) is 22.2. The van der Waals surface area contributed by atoms with Gasteiger partial charge in [-0.1, -0.05) is 0 Å². The minimum Gasteiger partial charge on any atom is -0.481 e. The Hall–Kier alpha value is -0.923. The van der Waals surface area contributed by atoms with E-state index in [1.54, 1.807) is 14.2 Å². The molecule has 6 nitrogen and oxygen atoms in total. The SMILES string of the molecule is CO[Si](C)(CCCNC(=O)C1CC1C(=O)O)OC. The van der Waals surface area contributed by atoms with Crippen molar-refractivity contribution in [3.8, 4) is 0 Å². The van der Waals surface area contributed by atoms with E-state index in [2.05, 4.69) is 5.32 Å². The molecule has 1 rings (SSSR count). The van der Waals surface area contributed by atoms with Gasteiger partial charge in [-0.2, -0.15) is 0 Å². The molecule has 2 unspecified atom stereocenters. The van der Waals surface area contributed by atoms with Gasteiger partial charge in [-0.3, -0.25) is 9.59 Å². The summed E-state index contributed by atoms with van der Waals surface area (Å²) in [5.74, 6) is -1.85. The summed E-state index contributed by atoms with van der Waals surface area (Å²) in [5, 5.41) is 11.5. The normalized spacial score (nSPS) is 22.6. The van der Waals surface area contributed by atoms with Crippen molar-refractivity contribution in [2.75, 3.05) is 20.8 Å². The Morgan fingerprint density at radius 1 is 1.33 bits per heavy atom. The molecule has 0 saturated heterocycles. The summed E-state index contributed by atoms with van der Waals surface area (Å²) < 4.78 is 10.7. The fraction of sp³-hybridized carbons (Fsp3) is 0.818. The quantitative estimate of drug-likeness (QED) is 0.500. The molecule has 7 heteroatoms. The third kappa shape index (κ3) is 4.07. The molecule has 1 amide bonds. The first-order chi connectivity index (χ1) is 8.43. The molecule has 1 fully saturated rings. The van der Waals surface area contributed by atoms with Gasteiger partial charge in [0.2, 0.25) is 5.91 Å². The average Bonchev–Trinajstić information content (AvgIpc) is 3.14. The third-order valence-electron chi connectivity index (χ3n) is 3.41. The average molecular weight is 275 g/mol. The van der Waals surface area contributed by atoms with E-state index < -0.39 is 20.4 Å². The van der Waals surface area contributed by atoms with Gasteiger partial charge in [0.15, 0.2) is 0 Å². The molecule has 0 aromatic heterocycles. The van der Waals surface area contributed by atoms with Gasteiger partial charge in [-0.05, 0) is 25.4 Å². The number of rotatable bonds is 8. The summed E-state index contributed by atoms with van der Waals surface area (Å²) in [6, 6.07) is 0.799. The predicted molar refractivity (Wildman–Crippen MR) is 67.3 cm³/mol. The Bertz CT molecular complexity index is 319. The first-order valence-corrected chi connectivity index (χ1v) is 8.56. The lowest BCUT2D eigenvalue weighted by Crippen LogP contribution is -2.37. The standard InChI is InChI=1S/C11H21NO5Si/c1-16-18(3,17-2)6-4-5-12-10(13)8-7-9(8)11(14)15/h8-9H,4-7H2,1-3H3,(H,12,13)(H,14,15). The van der Waals surface area contributed by atoms with Crippen molar-refractivity contribution in [2.24, 2.45) is 11.8 Å². The summed E-state index contributed by atoms with van der Waals surface area (Å²) in [6.07, 6.45) is 1.24. The number of carboxylic acid groups (broad SMARTS) is 1. The molecular weight excluding hydrogens is 254 g/mol. The van der Waals surface area contributed by atoms with Crippen LogP contribution in [0.4, 0.5) is 0 Å². The molecule has 1 aliphatic rings. The van der Waals surface area contributed by atoms with Crippen molar-refractivity contribution >= 4 is 20.4 Å². The van der Waals surface area contributed by atoms with E-state index in [0.717, 1.165) is 12.5 Å². The number of carbonyl (C=O) groups excluding carboxylic acids is 1. The van der Waals surface area contributed by atoms with E-state index in [0.29, 0.717) is 13.0 Å². The Morgan fingerprint density at radius 3 is 2.39 bits per heavy atom. The largest absolute Gasteiger partial charge is 0.481 e. The van der Waals surface area contributed by atoms with E-state index >= 15 is 0 Å². The van der Waals surface area contributed by atoms with Crippen molar-refractivity contribution in [3.63, 3.8) is 0 Å². The van der Waals surface area contributed by atoms with Crippen LogP contribution in [0.3, 0.4) is 0 Å². The molecule has 0 heterocycles. The van der Waals surface area contributed by atoms with Crippen molar-refractivity contribution in [1.29, 1.82) is 0 Å². The molecule has 2 N–H and O–H groups in total. The molecule has 1 aliphatic carbocycles. The fourth-order valence-electron chi connectivity index (χ4n) is 1.80. The maximum absolute atomic E-state index is 11.6. The smallest absolute Gasteiger partial charge is 0.334 e. The number of hydrogen-bond acceptors (Lipinski definition) is 4. The van der Waals surface area contributed by atoms with E-state index in [9.17, 15) is 9.59 Å². The van der Waals surface area contributed by atoms with Crippen LogP contribution in [0.2, 0.25) is 12.6 Å². The molecule has 0 spiro atoms. The lowest BCUT2D eigenvalue weighted by atomic mass is 10.3. The fourth-order valence-corrected chi connectivity index (χ4v) is 3.19. The highest BCUT2D eigenvalue weighted by Gasteiger charge is 2.48. The second-order valence-corrected chi connectivity index (χ2v) is 8.31. The number of aliphatic carboxylic acids is 1. The van der Waals surface area contributed by atoms with Crippen molar-refractivity contribution in [2.45, 2.75) is 25.4 Å². The Balaban J connectivity index is 2.16. The molecule has 0 aromatic rings. The van der Waals surface area contributed by atoms with Crippen LogP contribution >= 0.6 is 0 Å². The van der Waals surface area contributed by atoms with Crippen LogP contribution in [0.5, 0.6) is 0 Å². The highest BCUT2D eigenvalue weighted by atomic mass is 28.4. The van der Waals surface area contributed by atoms with Crippen LogP contribution in [0.25, 0.3) is 0 Å². The summed E-state index contributed by atoms with van der Waals surface area (Å²) in [6.45, 7) is 2.51. The van der Waals surface area contributed by atoms with E-state index in [-0.39, 0.29) is 11.8 Å². The minimum absolute atomic E-state index is 0.152. The maximum atomic E-state index is 11.6. The third-order valence-corrected chi connectivity index (χ3v) is 6.40.